The minimum Gasteiger partial charge on any atom is -0.378 e. The third-order valence-electron chi connectivity index (χ3n) is 3.05. The third-order valence-corrected chi connectivity index (χ3v) is 3.05. The zero-order valence-electron chi connectivity index (χ0n) is 10.2. The highest BCUT2D eigenvalue weighted by atomic mass is 16.7. The molecule has 0 unspecified atom stereocenters. The molecule has 2 heterocycles. The highest BCUT2D eigenvalue weighted by Crippen LogP contribution is 2.01. The molecule has 2 aliphatic rings. The Morgan fingerprint density at radius 2 is 1.76 bits per heavy atom. The van der Waals surface area contributed by atoms with Crippen LogP contribution in [0.15, 0.2) is 0 Å². The lowest BCUT2D eigenvalue weighted by atomic mass is 10.4. The van der Waals surface area contributed by atoms with Gasteiger partial charge in [-0.15, -0.1) is 0 Å². The molecule has 2 rings (SSSR count). The molecular weight excluding hydrogens is 224 g/mol. The van der Waals surface area contributed by atoms with Gasteiger partial charge in [-0.2, -0.15) is 5.06 Å². The summed E-state index contributed by atoms with van der Waals surface area (Å²) in [5, 5.41) is 3.82. The summed E-state index contributed by atoms with van der Waals surface area (Å²) in [6.45, 7) is 5.77. The van der Waals surface area contributed by atoms with Crippen LogP contribution in [0, 0.1) is 0 Å². The van der Waals surface area contributed by atoms with Gasteiger partial charge in [-0.1, -0.05) is 0 Å². The maximum atomic E-state index is 11.9. The monoisotopic (exact) mass is 244 g/mol. The van der Waals surface area contributed by atoms with Crippen LogP contribution in [0.2, 0.25) is 0 Å². The Balaban J connectivity index is 1.71. The van der Waals surface area contributed by atoms with Gasteiger partial charge in [0.15, 0.2) is 0 Å². The molecule has 17 heavy (non-hydrogen) atoms. The van der Waals surface area contributed by atoms with Crippen LogP contribution in [0.25, 0.3) is 0 Å². The summed E-state index contributed by atoms with van der Waals surface area (Å²) in [4.78, 5) is 18.8. The second-order valence-corrected chi connectivity index (χ2v) is 4.12. The van der Waals surface area contributed by atoms with E-state index in [2.05, 4.69) is 5.43 Å². The lowest BCUT2D eigenvalue weighted by Gasteiger charge is -2.35. The molecule has 0 radical (unpaired) electrons. The number of piperazine rings is 1. The molecule has 0 aromatic carbocycles. The number of morpholine rings is 1. The van der Waals surface area contributed by atoms with Crippen molar-refractivity contribution in [1.29, 1.82) is 0 Å². The van der Waals surface area contributed by atoms with Crippen LogP contribution in [0.4, 0.5) is 4.79 Å². The molecule has 1 N–H and O–H groups in total. The van der Waals surface area contributed by atoms with Crippen LogP contribution in [0.3, 0.4) is 0 Å². The predicted octanol–water partition coefficient (Wildman–Crippen LogP) is -0.878. The van der Waals surface area contributed by atoms with Crippen molar-refractivity contribution in [3.8, 4) is 0 Å². The number of carbonyl (C=O) groups is 1. The molecule has 0 aliphatic carbocycles. The van der Waals surface area contributed by atoms with Crippen LogP contribution in [0.1, 0.15) is 0 Å². The summed E-state index contributed by atoms with van der Waals surface area (Å²) in [7, 11) is 1.67. The Kier molecular flexibility index (Phi) is 4.55. The first-order valence-corrected chi connectivity index (χ1v) is 5.97. The fraction of sp³-hybridized carbons (Fsp3) is 0.900. The van der Waals surface area contributed by atoms with Crippen molar-refractivity contribution < 1.29 is 14.4 Å². The van der Waals surface area contributed by atoms with Crippen LogP contribution in [0.5, 0.6) is 0 Å². The summed E-state index contributed by atoms with van der Waals surface area (Å²) in [6.07, 6.45) is 0. The number of nitrogens with one attached hydrogen (secondary N) is 1. The molecule has 0 aromatic rings. The summed E-state index contributed by atoms with van der Waals surface area (Å²) in [5.74, 6) is 0. The summed E-state index contributed by atoms with van der Waals surface area (Å²) < 4.78 is 5.21. The van der Waals surface area contributed by atoms with E-state index in [1.165, 1.54) is 0 Å². The molecular formula is C10H20N4O3. The first kappa shape index (κ1) is 12.6. The fourth-order valence-corrected chi connectivity index (χ4v) is 1.95. The van der Waals surface area contributed by atoms with Crippen molar-refractivity contribution in [1.82, 2.24) is 20.4 Å². The molecule has 0 spiro atoms. The maximum absolute atomic E-state index is 11.9. The number of hydrogen-bond acceptors (Lipinski definition) is 5. The molecule has 2 amide bonds. The smallest absolute Gasteiger partial charge is 0.332 e. The van der Waals surface area contributed by atoms with E-state index in [1.54, 1.807) is 12.0 Å². The first-order chi connectivity index (χ1) is 8.29. The SMILES string of the molecule is CON1CCN(NC(=O)N2CCOCC2)CC1. The van der Waals surface area contributed by atoms with Gasteiger partial charge in [0.2, 0.25) is 0 Å². The number of nitrogens with zero attached hydrogens (tertiary/aromatic N) is 3. The number of carbonyl (C=O) groups excluding carboxylic acids is 1. The highest BCUT2D eigenvalue weighted by molar-refractivity contribution is 5.73. The van der Waals surface area contributed by atoms with Crippen molar-refractivity contribution in [2.24, 2.45) is 0 Å². The third kappa shape index (κ3) is 3.53. The van der Waals surface area contributed by atoms with Crippen molar-refractivity contribution in [2.75, 3.05) is 59.6 Å². The van der Waals surface area contributed by atoms with Gasteiger partial charge >= 0.3 is 6.03 Å². The lowest BCUT2D eigenvalue weighted by Crippen LogP contribution is -2.57. The second kappa shape index (κ2) is 6.15. The Bertz CT molecular complexity index is 250. The van der Waals surface area contributed by atoms with E-state index in [-0.39, 0.29) is 6.03 Å². The van der Waals surface area contributed by atoms with Gasteiger partial charge < -0.3 is 14.5 Å². The number of ether oxygens (including phenoxy) is 1. The van der Waals surface area contributed by atoms with Crippen molar-refractivity contribution in [3.05, 3.63) is 0 Å². The topological polar surface area (TPSA) is 57.3 Å². The van der Waals surface area contributed by atoms with E-state index in [1.807, 2.05) is 10.1 Å². The molecule has 0 saturated carbocycles. The average Bonchev–Trinajstić information content (AvgIpc) is 2.40. The quantitative estimate of drug-likeness (QED) is 0.684. The number of hydrogen-bond donors (Lipinski definition) is 1. The molecule has 2 saturated heterocycles. The highest BCUT2D eigenvalue weighted by Gasteiger charge is 2.21. The molecule has 7 heteroatoms. The van der Waals surface area contributed by atoms with Crippen LogP contribution in [-0.2, 0) is 9.57 Å². The number of rotatable bonds is 2. The van der Waals surface area contributed by atoms with Gasteiger partial charge in [-0.3, -0.25) is 5.43 Å². The summed E-state index contributed by atoms with van der Waals surface area (Å²) in [5.41, 5.74) is 2.92. The summed E-state index contributed by atoms with van der Waals surface area (Å²) >= 11 is 0. The maximum Gasteiger partial charge on any atom is 0.332 e. The first-order valence-electron chi connectivity index (χ1n) is 5.97. The second-order valence-electron chi connectivity index (χ2n) is 4.12. The summed E-state index contributed by atoms with van der Waals surface area (Å²) in [6, 6.07) is -0.0285. The minimum absolute atomic E-state index is 0.0285. The van der Waals surface area contributed by atoms with E-state index < -0.39 is 0 Å². The average molecular weight is 244 g/mol. The van der Waals surface area contributed by atoms with Crippen LogP contribution >= 0.6 is 0 Å². The van der Waals surface area contributed by atoms with E-state index in [0.717, 1.165) is 26.2 Å². The number of urea groups is 1. The zero-order valence-corrected chi connectivity index (χ0v) is 10.2. The number of hydrazine groups is 1. The van der Waals surface area contributed by atoms with Gasteiger partial charge in [0.05, 0.1) is 20.3 Å². The van der Waals surface area contributed by atoms with Crippen LogP contribution < -0.4 is 5.43 Å². The Morgan fingerprint density at radius 3 is 2.35 bits per heavy atom. The molecule has 0 aromatic heterocycles. The predicted molar refractivity (Wildman–Crippen MR) is 61.1 cm³/mol. The van der Waals surface area contributed by atoms with Gasteiger partial charge in [0, 0.05) is 39.3 Å². The fourth-order valence-electron chi connectivity index (χ4n) is 1.95. The van der Waals surface area contributed by atoms with E-state index in [4.69, 9.17) is 9.57 Å². The Morgan fingerprint density at radius 1 is 1.12 bits per heavy atom. The molecule has 2 aliphatic heterocycles. The molecule has 0 bridgehead atoms. The Labute approximate surface area is 101 Å². The molecule has 0 atom stereocenters. The van der Waals surface area contributed by atoms with Crippen molar-refractivity contribution >= 4 is 6.03 Å². The molecule has 2 fully saturated rings. The molecule has 7 nitrogen and oxygen atoms in total. The van der Waals surface area contributed by atoms with Crippen molar-refractivity contribution in [3.63, 3.8) is 0 Å². The molecule has 98 valence electrons. The zero-order chi connectivity index (χ0) is 12.1. The minimum atomic E-state index is -0.0285. The van der Waals surface area contributed by atoms with E-state index in [9.17, 15) is 4.79 Å². The number of hydroxylamine groups is 2. The van der Waals surface area contributed by atoms with Crippen molar-refractivity contribution in [2.45, 2.75) is 0 Å². The Hall–Kier alpha value is -0.890. The van der Waals surface area contributed by atoms with Gasteiger partial charge in [0.1, 0.15) is 0 Å². The van der Waals surface area contributed by atoms with Gasteiger partial charge in [0.25, 0.3) is 0 Å². The number of amides is 2. The normalized spacial score (nSPS) is 23.7. The van der Waals surface area contributed by atoms with E-state index in [0.29, 0.717) is 26.3 Å². The standard InChI is InChI=1S/C10H20N4O3/c1-16-14-4-2-13(3-5-14)11-10(15)12-6-8-17-9-7-12/h2-9H2,1H3,(H,11,15). The van der Waals surface area contributed by atoms with Gasteiger partial charge in [-0.05, 0) is 0 Å². The van der Waals surface area contributed by atoms with E-state index >= 15 is 0 Å². The largest absolute Gasteiger partial charge is 0.378 e. The van der Waals surface area contributed by atoms with Gasteiger partial charge in [-0.25, -0.2) is 9.80 Å². The van der Waals surface area contributed by atoms with Crippen LogP contribution in [-0.4, -0.2) is 80.6 Å². The lowest BCUT2D eigenvalue weighted by molar-refractivity contribution is -0.155.